The summed E-state index contributed by atoms with van der Waals surface area (Å²) in [5, 5.41) is 8.09. The second-order valence-corrected chi connectivity index (χ2v) is 10.1. The Balaban J connectivity index is 1.28. The number of benzene rings is 2. The van der Waals surface area contributed by atoms with Crippen LogP contribution in [0.3, 0.4) is 0 Å². The molecule has 0 saturated carbocycles. The van der Waals surface area contributed by atoms with E-state index >= 15 is 0 Å². The maximum Gasteiger partial charge on any atom is 0.410 e. The Hall–Kier alpha value is -4.80. The number of hydrogen-bond donors (Lipinski definition) is 2. The highest BCUT2D eigenvalue weighted by atomic mass is 19.1. The van der Waals surface area contributed by atoms with Crippen molar-refractivity contribution in [3.05, 3.63) is 90.1 Å². The lowest BCUT2D eigenvalue weighted by Crippen LogP contribution is -2.55. The normalized spacial score (nSPS) is 17.7. The first kappa shape index (κ1) is 27.8. The van der Waals surface area contributed by atoms with Crippen LogP contribution in [0.2, 0.25) is 0 Å². The zero-order valence-corrected chi connectivity index (χ0v) is 22.6. The van der Waals surface area contributed by atoms with Gasteiger partial charge in [0.1, 0.15) is 18.5 Å². The fraction of sp³-hybridized carbons (Fsp3) is 0.300. The molecule has 1 saturated heterocycles. The maximum absolute atomic E-state index is 13.5. The van der Waals surface area contributed by atoms with Gasteiger partial charge in [-0.3, -0.25) is 19.5 Å². The molecule has 3 atom stereocenters. The van der Waals surface area contributed by atoms with Gasteiger partial charge in [-0.15, -0.1) is 0 Å². The van der Waals surface area contributed by atoms with Crippen molar-refractivity contribution in [2.75, 3.05) is 6.54 Å². The van der Waals surface area contributed by atoms with Gasteiger partial charge >= 0.3 is 6.09 Å². The second-order valence-electron chi connectivity index (χ2n) is 10.1. The first-order valence-corrected chi connectivity index (χ1v) is 13.5. The molecule has 0 bridgehead atoms. The molecule has 3 heterocycles. The third kappa shape index (κ3) is 6.03. The number of piperidine rings is 1. The summed E-state index contributed by atoms with van der Waals surface area (Å²) in [7, 11) is 0. The van der Waals surface area contributed by atoms with E-state index in [0.717, 1.165) is 5.56 Å². The van der Waals surface area contributed by atoms with Crippen LogP contribution in [0, 0.1) is 11.7 Å². The summed E-state index contributed by atoms with van der Waals surface area (Å²) in [6, 6.07) is 14.0. The highest BCUT2D eigenvalue weighted by Crippen LogP contribution is 2.29. The quantitative estimate of drug-likeness (QED) is 0.336. The molecule has 1 fully saturated rings. The molecule has 4 aromatic rings. The maximum atomic E-state index is 13.5. The van der Waals surface area contributed by atoms with Crippen molar-refractivity contribution in [2.24, 2.45) is 11.7 Å². The zero-order valence-electron chi connectivity index (χ0n) is 22.6. The number of aromatic nitrogens is 3. The lowest BCUT2D eigenvalue weighted by Gasteiger charge is -2.40. The van der Waals surface area contributed by atoms with Gasteiger partial charge in [-0.2, -0.15) is 5.10 Å². The highest BCUT2D eigenvalue weighted by Gasteiger charge is 2.39. The van der Waals surface area contributed by atoms with Crippen molar-refractivity contribution < 1.29 is 23.5 Å². The van der Waals surface area contributed by atoms with Gasteiger partial charge in [0.05, 0.1) is 29.2 Å². The number of amides is 3. The number of likely N-dealkylation sites (tertiary alicyclic amines) is 1. The monoisotopic (exact) mass is 558 g/mol. The average Bonchev–Trinajstić information content (AvgIpc) is 3.43. The first-order chi connectivity index (χ1) is 19.9. The van der Waals surface area contributed by atoms with Crippen LogP contribution in [0.4, 0.5) is 9.18 Å². The fourth-order valence-corrected chi connectivity index (χ4v) is 5.36. The predicted molar refractivity (Wildman–Crippen MR) is 149 cm³/mol. The van der Waals surface area contributed by atoms with Crippen molar-refractivity contribution in [3.8, 4) is 5.69 Å². The lowest BCUT2D eigenvalue weighted by atomic mass is 9.83. The number of primary amides is 1. The van der Waals surface area contributed by atoms with E-state index in [9.17, 15) is 18.8 Å². The van der Waals surface area contributed by atoms with Crippen LogP contribution in [0.1, 0.15) is 42.1 Å². The Kier molecular flexibility index (Phi) is 8.23. The molecule has 212 valence electrons. The third-order valence-corrected chi connectivity index (χ3v) is 7.55. The van der Waals surface area contributed by atoms with E-state index in [4.69, 9.17) is 10.5 Å². The van der Waals surface area contributed by atoms with E-state index in [1.165, 1.54) is 23.2 Å². The minimum atomic E-state index is -0.845. The molecule has 0 spiro atoms. The average molecular weight is 559 g/mol. The predicted octanol–water partition coefficient (Wildman–Crippen LogP) is 3.97. The fourth-order valence-electron chi connectivity index (χ4n) is 5.36. The minimum Gasteiger partial charge on any atom is -0.445 e. The molecule has 3 amide bonds. The Labute approximate surface area is 236 Å². The van der Waals surface area contributed by atoms with Crippen LogP contribution in [0.25, 0.3) is 16.6 Å². The van der Waals surface area contributed by atoms with E-state index < -0.39 is 18.0 Å². The number of pyridine rings is 1. The number of hydrogen-bond acceptors (Lipinski definition) is 6. The number of rotatable bonds is 8. The number of nitrogens with two attached hydrogens (primary N) is 1. The molecule has 2 aromatic heterocycles. The van der Waals surface area contributed by atoms with Crippen LogP contribution in [0.15, 0.2) is 73.2 Å². The van der Waals surface area contributed by atoms with Crippen molar-refractivity contribution in [2.45, 2.75) is 44.9 Å². The summed E-state index contributed by atoms with van der Waals surface area (Å²) in [5.41, 5.74) is 8.14. The number of ether oxygens (including phenoxy) is 1. The molecule has 10 nitrogen and oxygen atoms in total. The van der Waals surface area contributed by atoms with Crippen LogP contribution >= 0.6 is 0 Å². The second kappa shape index (κ2) is 12.2. The highest BCUT2D eigenvalue weighted by molar-refractivity contribution is 6.06. The van der Waals surface area contributed by atoms with Crippen molar-refractivity contribution in [1.82, 2.24) is 25.0 Å². The summed E-state index contributed by atoms with van der Waals surface area (Å²) >= 11 is 0. The summed E-state index contributed by atoms with van der Waals surface area (Å²) in [6.45, 7) is 2.33. The summed E-state index contributed by atoms with van der Waals surface area (Å²) in [4.78, 5) is 44.3. The van der Waals surface area contributed by atoms with Gasteiger partial charge in [0, 0.05) is 24.2 Å². The number of carbonyl (C=O) groups excluding carboxylic acids is 3. The molecular formula is C30H31FN6O4. The largest absolute Gasteiger partial charge is 0.445 e. The van der Waals surface area contributed by atoms with E-state index in [-0.39, 0.29) is 36.8 Å². The third-order valence-electron chi connectivity index (χ3n) is 7.55. The van der Waals surface area contributed by atoms with Gasteiger partial charge in [-0.05, 0) is 55.0 Å². The van der Waals surface area contributed by atoms with Gasteiger partial charge in [0.25, 0.3) is 5.91 Å². The molecule has 3 unspecified atom stereocenters. The van der Waals surface area contributed by atoms with Crippen LogP contribution < -0.4 is 11.1 Å². The SMILES string of the molecule is CCC(NC(=O)c1cncc2c1cnn2-c1ccc(F)cc1)C1CCN(C(=O)OCc2ccccc2)C(C(N)=O)C1. The van der Waals surface area contributed by atoms with Crippen LogP contribution in [-0.4, -0.2) is 56.2 Å². The van der Waals surface area contributed by atoms with Gasteiger partial charge in [0.15, 0.2) is 0 Å². The van der Waals surface area contributed by atoms with Crippen LogP contribution in [0.5, 0.6) is 0 Å². The number of nitrogens with one attached hydrogen (secondary N) is 1. The van der Waals surface area contributed by atoms with Gasteiger partial charge in [-0.25, -0.2) is 13.9 Å². The number of carbonyl (C=O) groups is 3. The van der Waals surface area contributed by atoms with E-state index in [1.54, 1.807) is 29.2 Å². The van der Waals surface area contributed by atoms with E-state index in [0.29, 0.717) is 41.4 Å². The van der Waals surface area contributed by atoms with Crippen molar-refractivity contribution in [1.29, 1.82) is 0 Å². The summed E-state index contributed by atoms with van der Waals surface area (Å²) < 4.78 is 20.4. The number of nitrogens with zero attached hydrogens (tertiary/aromatic N) is 4. The van der Waals surface area contributed by atoms with Gasteiger partial charge in [0.2, 0.25) is 5.91 Å². The molecule has 0 aliphatic carbocycles. The van der Waals surface area contributed by atoms with Crippen molar-refractivity contribution >= 4 is 28.8 Å². The molecular weight excluding hydrogens is 527 g/mol. The Morgan fingerprint density at radius 2 is 1.85 bits per heavy atom. The Morgan fingerprint density at radius 3 is 2.56 bits per heavy atom. The zero-order chi connectivity index (χ0) is 28.9. The topological polar surface area (TPSA) is 132 Å². The summed E-state index contributed by atoms with van der Waals surface area (Å²) in [6.07, 6.45) is 5.55. The molecule has 2 aromatic carbocycles. The molecule has 3 N–H and O–H groups in total. The van der Waals surface area contributed by atoms with Crippen LogP contribution in [-0.2, 0) is 16.1 Å². The lowest BCUT2D eigenvalue weighted by molar-refractivity contribution is -0.124. The van der Waals surface area contributed by atoms with E-state index in [1.807, 2.05) is 37.3 Å². The molecule has 5 rings (SSSR count). The van der Waals surface area contributed by atoms with Crippen molar-refractivity contribution in [3.63, 3.8) is 0 Å². The standard InChI is InChI=1S/C30H31FN6O4/c1-2-25(20-12-13-36(26(14-20)28(32)38)30(40)41-18-19-6-4-3-5-7-19)35-29(39)24-15-33-17-27-23(24)16-34-37(27)22-10-8-21(31)9-11-22/h3-11,15-17,20,25-26H,2,12-14,18H2,1H3,(H2,32,38)(H,35,39). The molecule has 41 heavy (non-hydrogen) atoms. The molecule has 0 radical (unpaired) electrons. The van der Waals surface area contributed by atoms with Gasteiger partial charge in [-0.1, -0.05) is 37.3 Å². The number of fused-ring (bicyclic) bond motifs is 1. The molecule has 1 aliphatic heterocycles. The smallest absolute Gasteiger partial charge is 0.410 e. The van der Waals surface area contributed by atoms with E-state index in [2.05, 4.69) is 15.4 Å². The first-order valence-electron chi connectivity index (χ1n) is 13.5. The molecule has 1 aliphatic rings. The van der Waals surface area contributed by atoms with Gasteiger partial charge < -0.3 is 15.8 Å². The Morgan fingerprint density at radius 1 is 1.10 bits per heavy atom. The number of halogens is 1. The summed E-state index contributed by atoms with van der Waals surface area (Å²) in [5.74, 6) is -1.39. The molecule has 11 heteroatoms. The Bertz CT molecular complexity index is 1540. The minimum absolute atomic E-state index is 0.0891.